The van der Waals surface area contributed by atoms with E-state index in [0.29, 0.717) is 6.92 Å². The predicted molar refractivity (Wildman–Crippen MR) is 90.7 cm³/mol. The summed E-state index contributed by atoms with van der Waals surface area (Å²) in [6.07, 6.45) is -3.07. The minimum atomic E-state index is -4.77. The maximum atomic E-state index is 13.7. The van der Waals surface area contributed by atoms with Gasteiger partial charge in [-0.05, 0) is 19.1 Å². The van der Waals surface area contributed by atoms with Gasteiger partial charge in [0.15, 0.2) is 5.82 Å². The molecular weight excluding hydrogens is 385 g/mol. The summed E-state index contributed by atoms with van der Waals surface area (Å²) in [5, 5.41) is 2.42. The Morgan fingerprint density at radius 1 is 1.14 bits per heavy atom. The highest BCUT2D eigenvalue weighted by atomic mass is 19.4. The van der Waals surface area contributed by atoms with Crippen LogP contribution in [-0.2, 0) is 17.0 Å². The Bertz CT molecular complexity index is 1070. The molecule has 0 aliphatic carbocycles. The molecule has 0 atom stereocenters. The van der Waals surface area contributed by atoms with Gasteiger partial charge in [-0.25, -0.2) is 15.0 Å². The van der Waals surface area contributed by atoms with Crippen LogP contribution in [0.15, 0.2) is 24.5 Å². The largest absolute Gasteiger partial charge is 0.488 e. The van der Waals surface area contributed by atoms with E-state index in [1.54, 1.807) is 0 Å². The van der Waals surface area contributed by atoms with Gasteiger partial charge in [0.25, 0.3) is 0 Å². The number of carbonyl (C=O) groups excluding carboxylic acids is 1. The summed E-state index contributed by atoms with van der Waals surface area (Å²) in [4.78, 5) is 22.5. The van der Waals surface area contributed by atoms with E-state index >= 15 is 0 Å². The number of aromatic nitrogens is 4. The molecule has 0 radical (unpaired) electrons. The molecule has 6 nitrogen and oxygen atoms in total. The minimum absolute atomic E-state index is 0.0173. The van der Waals surface area contributed by atoms with Crippen molar-refractivity contribution in [3.63, 3.8) is 0 Å². The Morgan fingerprint density at radius 3 is 2.39 bits per heavy atom. The fraction of sp³-hybridized carbons (Fsp3) is 0.294. The van der Waals surface area contributed by atoms with E-state index in [1.807, 2.05) is 0 Å². The average molecular weight is 399 g/mol. The molecular formula is C17H14F5N5O. The van der Waals surface area contributed by atoms with E-state index in [2.05, 4.69) is 20.3 Å². The van der Waals surface area contributed by atoms with Gasteiger partial charge in [-0.2, -0.15) is 8.78 Å². The molecule has 0 saturated heterocycles. The molecule has 28 heavy (non-hydrogen) atoms. The van der Waals surface area contributed by atoms with Gasteiger partial charge in [0.05, 0.1) is 17.4 Å². The molecule has 0 fully saturated rings. The summed E-state index contributed by atoms with van der Waals surface area (Å²) in [5.74, 6) is -4.61. The summed E-state index contributed by atoms with van der Waals surface area (Å²) in [5.41, 5.74) is -0.280. The van der Waals surface area contributed by atoms with E-state index in [-0.39, 0.29) is 38.2 Å². The standard InChI is InChI=1S/C17H14F5N5O/c1-8-4-12(26-15(24-8)16(3,18)19)11-7-27(17(20,21)22)13-6-23-14(5-10(11)13)25-9(2)28/h4-7H,1-3H3,(H,23,25,28). The number of hydrogen-bond donors (Lipinski definition) is 1. The molecule has 0 bridgehead atoms. The van der Waals surface area contributed by atoms with E-state index < -0.39 is 24.0 Å². The van der Waals surface area contributed by atoms with E-state index in [1.165, 1.54) is 26.0 Å². The van der Waals surface area contributed by atoms with Crippen LogP contribution in [0.3, 0.4) is 0 Å². The van der Waals surface area contributed by atoms with Gasteiger partial charge < -0.3 is 5.32 Å². The highest BCUT2D eigenvalue weighted by molar-refractivity contribution is 5.98. The summed E-state index contributed by atoms with van der Waals surface area (Å²) < 4.78 is 67.6. The first-order valence-corrected chi connectivity index (χ1v) is 7.96. The number of aryl methyl sites for hydroxylation is 1. The zero-order chi connectivity index (χ0) is 20.9. The fourth-order valence-corrected chi connectivity index (χ4v) is 2.69. The molecule has 0 unspecified atom stereocenters. The van der Waals surface area contributed by atoms with Crippen molar-refractivity contribution in [2.45, 2.75) is 33.0 Å². The van der Waals surface area contributed by atoms with Crippen molar-refractivity contribution in [2.75, 3.05) is 5.32 Å². The Balaban J connectivity index is 2.31. The molecule has 1 amide bonds. The number of nitrogens with one attached hydrogen (secondary N) is 1. The Kier molecular flexibility index (Phi) is 4.56. The molecule has 3 heterocycles. The van der Waals surface area contributed by atoms with Crippen molar-refractivity contribution in [1.29, 1.82) is 0 Å². The third-order valence-corrected chi connectivity index (χ3v) is 3.79. The summed E-state index contributed by atoms with van der Waals surface area (Å²) in [6.45, 7) is 3.26. The van der Waals surface area contributed by atoms with Crippen LogP contribution in [0.2, 0.25) is 0 Å². The lowest BCUT2D eigenvalue weighted by Crippen LogP contribution is -2.15. The minimum Gasteiger partial charge on any atom is -0.311 e. The van der Waals surface area contributed by atoms with Crippen LogP contribution < -0.4 is 5.32 Å². The first kappa shape index (κ1) is 19.6. The third-order valence-electron chi connectivity index (χ3n) is 3.79. The SMILES string of the molecule is CC(=O)Nc1cc2c(-c3cc(C)nc(C(C)(F)F)n3)cn(C(F)(F)F)c2cn1. The van der Waals surface area contributed by atoms with Gasteiger partial charge in [-0.1, -0.05) is 0 Å². The predicted octanol–water partition coefficient (Wildman–Crippen LogP) is 4.35. The van der Waals surface area contributed by atoms with Crippen molar-refractivity contribution >= 4 is 22.6 Å². The molecule has 0 aliphatic heterocycles. The number of rotatable bonds is 3. The zero-order valence-corrected chi connectivity index (χ0v) is 14.9. The number of hydrogen-bond acceptors (Lipinski definition) is 4. The van der Waals surface area contributed by atoms with E-state index in [4.69, 9.17) is 0 Å². The number of alkyl halides is 5. The monoisotopic (exact) mass is 399 g/mol. The summed E-state index contributed by atoms with van der Waals surface area (Å²) >= 11 is 0. The van der Waals surface area contributed by atoms with Gasteiger partial charge in [-0.15, -0.1) is 13.2 Å². The number of halogens is 5. The molecule has 0 aromatic carbocycles. The number of pyridine rings is 1. The second-order valence-electron chi connectivity index (χ2n) is 6.26. The van der Waals surface area contributed by atoms with Crippen LogP contribution in [0, 0.1) is 6.92 Å². The lowest BCUT2D eigenvalue weighted by Gasteiger charge is -2.11. The highest BCUT2D eigenvalue weighted by Crippen LogP contribution is 2.37. The van der Waals surface area contributed by atoms with Crippen molar-refractivity contribution in [1.82, 2.24) is 19.5 Å². The lowest BCUT2D eigenvalue weighted by molar-refractivity contribution is -0.200. The van der Waals surface area contributed by atoms with Crippen molar-refractivity contribution < 1.29 is 26.7 Å². The van der Waals surface area contributed by atoms with Gasteiger partial charge in [0.2, 0.25) is 5.91 Å². The lowest BCUT2D eigenvalue weighted by atomic mass is 10.1. The molecule has 148 valence electrons. The fourth-order valence-electron chi connectivity index (χ4n) is 2.69. The molecule has 3 aromatic rings. The van der Waals surface area contributed by atoms with Crippen LogP contribution in [0.4, 0.5) is 27.8 Å². The quantitative estimate of drug-likeness (QED) is 0.665. The van der Waals surface area contributed by atoms with Crippen LogP contribution >= 0.6 is 0 Å². The number of fused-ring (bicyclic) bond motifs is 1. The smallest absolute Gasteiger partial charge is 0.311 e. The second-order valence-corrected chi connectivity index (χ2v) is 6.26. The zero-order valence-electron chi connectivity index (χ0n) is 14.9. The first-order chi connectivity index (χ1) is 12.9. The molecule has 11 heteroatoms. The summed E-state index contributed by atoms with van der Waals surface area (Å²) in [7, 11) is 0. The van der Waals surface area contributed by atoms with Gasteiger partial charge >= 0.3 is 12.2 Å². The normalized spacial score (nSPS) is 12.4. The number of carbonyl (C=O) groups is 1. The van der Waals surface area contributed by atoms with Crippen LogP contribution in [0.5, 0.6) is 0 Å². The number of anilines is 1. The Labute approximate surface area is 155 Å². The molecule has 0 spiro atoms. The number of amides is 1. The Hall–Kier alpha value is -3.11. The van der Waals surface area contributed by atoms with Gasteiger partial charge in [-0.3, -0.25) is 9.36 Å². The van der Waals surface area contributed by atoms with Crippen molar-refractivity contribution in [2.24, 2.45) is 0 Å². The average Bonchev–Trinajstić information content (AvgIpc) is 2.92. The van der Waals surface area contributed by atoms with Crippen LogP contribution in [0.25, 0.3) is 22.2 Å². The molecule has 3 rings (SSSR count). The van der Waals surface area contributed by atoms with Gasteiger partial charge in [0.1, 0.15) is 5.82 Å². The molecule has 0 aliphatic rings. The third kappa shape index (κ3) is 3.78. The molecule has 0 saturated carbocycles. The second kappa shape index (κ2) is 6.50. The topological polar surface area (TPSA) is 72.7 Å². The number of nitrogens with zero attached hydrogens (tertiary/aromatic N) is 4. The van der Waals surface area contributed by atoms with Crippen LogP contribution in [-0.4, -0.2) is 25.4 Å². The summed E-state index contributed by atoms with van der Waals surface area (Å²) in [6, 6.07) is 2.54. The molecule has 1 N–H and O–H groups in total. The van der Waals surface area contributed by atoms with Crippen LogP contribution in [0.1, 0.15) is 25.4 Å². The van der Waals surface area contributed by atoms with Crippen molar-refractivity contribution in [3.8, 4) is 11.3 Å². The first-order valence-electron chi connectivity index (χ1n) is 7.96. The Morgan fingerprint density at radius 2 is 1.82 bits per heavy atom. The van der Waals surface area contributed by atoms with Gasteiger partial charge in [0, 0.05) is 36.7 Å². The van der Waals surface area contributed by atoms with E-state index in [9.17, 15) is 26.7 Å². The molecule has 3 aromatic heterocycles. The maximum absolute atomic E-state index is 13.7. The highest BCUT2D eigenvalue weighted by Gasteiger charge is 2.34. The van der Waals surface area contributed by atoms with Crippen molar-refractivity contribution in [3.05, 3.63) is 36.0 Å². The maximum Gasteiger partial charge on any atom is 0.488 e. The van der Waals surface area contributed by atoms with E-state index in [0.717, 1.165) is 12.4 Å².